The van der Waals surface area contributed by atoms with Crippen LogP contribution in [0.25, 0.3) is 32.1 Å². The van der Waals surface area contributed by atoms with Crippen molar-refractivity contribution in [1.82, 2.24) is 9.97 Å². The van der Waals surface area contributed by atoms with E-state index in [4.69, 9.17) is 10.5 Å². The zero-order valence-electron chi connectivity index (χ0n) is 24.1. The van der Waals surface area contributed by atoms with Crippen LogP contribution >= 0.6 is 11.3 Å². The van der Waals surface area contributed by atoms with Crippen LogP contribution in [-0.4, -0.2) is 23.1 Å². The van der Waals surface area contributed by atoms with Gasteiger partial charge in [0.1, 0.15) is 22.4 Å². The Labute approximate surface area is 238 Å². The van der Waals surface area contributed by atoms with E-state index in [0.29, 0.717) is 27.0 Å². The second-order valence-corrected chi connectivity index (χ2v) is 11.5. The van der Waals surface area contributed by atoms with Crippen molar-refractivity contribution in [2.45, 2.75) is 74.0 Å². The van der Waals surface area contributed by atoms with Gasteiger partial charge < -0.3 is 15.4 Å². The standard InChI is InChI=1S/C26H23F2N5OS.C3H8.C2H6/c1-3-6-26(2)11-33(12-26)25-31-8-14-15-9-34-10-16(15)20(22(28)23(14)32-25)21-17(27)4-5-18-19(21)13(7-29)24(30)35-18;1-3-2;1-2/h4-5,8H,3,6,9-12,30H2,1-2H3;3H2,1-2H3;1-2H3. The zero-order chi connectivity index (χ0) is 29.2. The van der Waals surface area contributed by atoms with Crippen LogP contribution in [0.15, 0.2) is 18.3 Å². The van der Waals surface area contributed by atoms with E-state index < -0.39 is 11.6 Å². The summed E-state index contributed by atoms with van der Waals surface area (Å²) in [5.74, 6) is -0.790. The quantitative estimate of drug-likeness (QED) is 0.268. The van der Waals surface area contributed by atoms with Gasteiger partial charge in [-0.1, -0.05) is 54.4 Å². The third kappa shape index (κ3) is 4.99. The van der Waals surface area contributed by atoms with Gasteiger partial charge in [0.15, 0.2) is 5.82 Å². The third-order valence-corrected chi connectivity index (χ3v) is 8.15. The molecule has 0 radical (unpaired) electrons. The minimum Gasteiger partial charge on any atom is -0.389 e. The summed E-state index contributed by atoms with van der Waals surface area (Å²) in [5.41, 5.74) is 7.98. The number of aromatic nitrogens is 2. The Balaban J connectivity index is 0.000000695. The molecule has 2 aliphatic rings. The fourth-order valence-electron chi connectivity index (χ4n) is 5.64. The highest BCUT2D eigenvalue weighted by Crippen LogP contribution is 2.46. The topological polar surface area (TPSA) is 88.1 Å². The monoisotopic (exact) mass is 565 g/mol. The molecule has 1 fully saturated rings. The van der Waals surface area contributed by atoms with Crippen LogP contribution in [0.3, 0.4) is 0 Å². The van der Waals surface area contributed by atoms with Gasteiger partial charge in [0.25, 0.3) is 0 Å². The Bertz CT molecular complexity index is 1590. The normalized spacial score (nSPS) is 15.0. The average molecular weight is 566 g/mol. The first-order valence-corrected chi connectivity index (χ1v) is 14.8. The summed E-state index contributed by atoms with van der Waals surface area (Å²) in [6.45, 7) is 14.7. The van der Waals surface area contributed by atoms with Crippen molar-refractivity contribution in [1.29, 1.82) is 5.26 Å². The minimum atomic E-state index is -0.634. The molecule has 0 atom stereocenters. The summed E-state index contributed by atoms with van der Waals surface area (Å²) in [5, 5.41) is 10.9. The maximum Gasteiger partial charge on any atom is 0.226 e. The fraction of sp³-hybridized carbons (Fsp3) is 0.452. The molecular formula is C31H37F2N5OS. The number of nitrogens with two attached hydrogens (primary N) is 1. The van der Waals surface area contributed by atoms with Crippen LogP contribution < -0.4 is 10.6 Å². The summed E-state index contributed by atoms with van der Waals surface area (Å²) in [6.07, 6.45) is 5.10. The molecular weight excluding hydrogens is 528 g/mol. The van der Waals surface area contributed by atoms with Gasteiger partial charge in [0, 0.05) is 51.3 Å². The lowest BCUT2D eigenvalue weighted by Crippen LogP contribution is -2.55. The number of rotatable bonds is 4. The SMILES string of the molecule is CC.CCC.CCCC1(C)CN(c2ncc3c4c(c(-c5c(F)ccc6sc(N)c(C#N)c56)c(F)c3n2)COC4)C1. The first kappa shape index (κ1) is 29.6. The molecule has 2 aliphatic heterocycles. The summed E-state index contributed by atoms with van der Waals surface area (Å²) in [7, 11) is 0. The number of nitrogens with zero attached hydrogens (tertiary/aromatic N) is 4. The van der Waals surface area contributed by atoms with Crippen LogP contribution in [-0.2, 0) is 18.0 Å². The van der Waals surface area contributed by atoms with Crippen LogP contribution in [0, 0.1) is 28.4 Å². The lowest BCUT2D eigenvalue weighted by Gasteiger charge is -2.48. The maximum atomic E-state index is 16.4. The molecule has 0 saturated carbocycles. The maximum absolute atomic E-state index is 16.4. The number of benzene rings is 2. The molecule has 2 aromatic carbocycles. The molecule has 0 aliphatic carbocycles. The summed E-state index contributed by atoms with van der Waals surface area (Å²) in [4.78, 5) is 11.2. The molecule has 2 N–H and O–H groups in total. The van der Waals surface area contributed by atoms with Gasteiger partial charge in [0.2, 0.25) is 5.95 Å². The number of halogens is 2. The Morgan fingerprint density at radius 1 is 1.12 bits per heavy atom. The minimum absolute atomic E-state index is 0.0350. The van der Waals surface area contributed by atoms with Crippen LogP contribution in [0.2, 0.25) is 0 Å². The van der Waals surface area contributed by atoms with Gasteiger partial charge in [0.05, 0.1) is 18.8 Å². The number of nitriles is 1. The lowest BCUT2D eigenvalue weighted by molar-refractivity contribution is 0.135. The molecule has 2 aromatic heterocycles. The van der Waals surface area contributed by atoms with E-state index in [1.807, 2.05) is 18.7 Å². The second kappa shape index (κ2) is 12.0. The lowest BCUT2D eigenvalue weighted by atomic mass is 9.78. The number of fused-ring (bicyclic) bond motifs is 4. The molecule has 4 heterocycles. The van der Waals surface area contributed by atoms with Crippen LogP contribution in [0.1, 0.15) is 77.5 Å². The van der Waals surface area contributed by atoms with Gasteiger partial charge >= 0.3 is 0 Å². The van der Waals surface area contributed by atoms with E-state index in [-0.39, 0.29) is 45.8 Å². The predicted octanol–water partition coefficient (Wildman–Crippen LogP) is 8.34. The molecule has 0 spiro atoms. The second-order valence-electron chi connectivity index (χ2n) is 10.4. The average Bonchev–Trinajstić information content (AvgIpc) is 3.54. The summed E-state index contributed by atoms with van der Waals surface area (Å²) >= 11 is 1.19. The smallest absolute Gasteiger partial charge is 0.226 e. The Kier molecular flexibility index (Phi) is 8.91. The molecule has 0 unspecified atom stereocenters. The van der Waals surface area contributed by atoms with E-state index in [0.717, 1.165) is 31.5 Å². The van der Waals surface area contributed by atoms with Crippen molar-refractivity contribution >= 4 is 43.3 Å². The molecule has 4 aromatic rings. The van der Waals surface area contributed by atoms with Crippen molar-refractivity contribution in [3.8, 4) is 17.2 Å². The molecule has 6 rings (SSSR count). The zero-order valence-corrected chi connectivity index (χ0v) is 24.9. The van der Waals surface area contributed by atoms with Crippen molar-refractivity contribution in [3.63, 3.8) is 0 Å². The van der Waals surface area contributed by atoms with E-state index >= 15 is 8.78 Å². The predicted molar refractivity (Wildman–Crippen MR) is 160 cm³/mol. The molecule has 6 nitrogen and oxygen atoms in total. The number of nitrogen functional groups attached to an aromatic ring is 1. The fourth-order valence-corrected chi connectivity index (χ4v) is 6.56. The Hall–Kier alpha value is -3.35. The van der Waals surface area contributed by atoms with E-state index in [9.17, 15) is 5.26 Å². The van der Waals surface area contributed by atoms with Gasteiger partial charge in [-0.3, -0.25) is 0 Å². The largest absolute Gasteiger partial charge is 0.389 e. The van der Waals surface area contributed by atoms with Crippen molar-refractivity contribution in [2.24, 2.45) is 5.41 Å². The Morgan fingerprint density at radius 2 is 1.80 bits per heavy atom. The van der Waals surface area contributed by atoms with E-state index in [2.05, 4.69) is 43.7 Å². The van der Waals surface area contributed by atoms with Crippen molar-refractivity contribution < 1.29 is 13.5 Å². The number of anilines is 2. The number of hydrogen-bond donors (Lipinski definition) is 1. The van der Waals surface area contributed by atoms with Gasteiger partial charge in [-0.05, 0) is 29.7 Å². The molecule has 0 amide bonds. The molecule has 1 saturated heterocycles. The molecule has 212 valence electrons. The third-order valence-electron chi connectivity index (χ3n) is 7.16. The Morgan fingerprint density at radius 3 is 2.45 bits per heavy atom. The van der Waals surface area contributed by atoms with Crippen molar-refractivity contribution in [3.05, 3.63) is 46.7 Å². The molecule has 40 heavy (non-hydrogen) atoms. The van der Waals surface area contributed by atoms with Gasteiger partial charge in [-0.2, -0.15) is 5.26 Å². The van der Waals surface area contributed by atoms with Gasteiger partial charge in [-0.25, -0.2) is 18.7 Å². The number of hydrogen-bond acceptors (Lipinski definition) is 7. The summed E-state index contributed by atoms with van der Waals surface area (Å²) in [6, 6.07) is 4.93. The molecule has 0 bridgehead atoms. The molecule has 9 heteroatoms. The highest BCUT2D eigenvalue weighted by molar-refractivity contribution is 7.23. The van der Waals surface area contributed by atoms with E-state index in [1.165, 1.54) is 23.8 Å². The van der Waals surface area contributed by atoms with Gasteiger partial charge in [-0.15, -0.1) is 11.3 Å². The number of ether oxygens (including phenoxy) is 1. The van der Waals surface area contributed by atoms with Crippen LogP contribution in [0.4, 0.5) is 19.7 Å². The van der Waals surface area contributed by atoms with Crippen molar-refractivity contribution in [2.75, 3.05) is 23.7 Å². The van der Waals surface area contributed by atoms with E-state index in [1.54, 1.807) is 12.3 Å². The highest BCUT2D eigenvalue weighted by atomic mass is 32.1. The number of thiophene rings is 1. The first-order chi connectivity index (χ1) is 19.3. The highest BCUT2D eigenvalue weighted by Gasteiger charge is 2.39. The first-order valence-electron chi connectivity index (χ1n) is 14.0. The summed E-state index contributed by atoms with van der Waals surface area (Å²) < 4.78 is 38.1. The van der Waals surface area contributed by atoms with Crippen LogP contribution in [0.5, 0.6) is 0 Å².